The van der Waals surface area contributed by atoms with Crippen LogP contribution in [0.25, 0.3) is 22.3 Å². The van der Waals surface area contributed by atoms with Crippen LogP contribution in [0.2, 0.25) is 0 Å². The molecule has 0 aliphatic carbocycles. The van der Waals surface area contributed by atoms with Gasteiger partial charge in [0, 0.05) is 0 Å². The molecule has 9 heteroatoms. The van der Waals surface area contributed by atoms with E-state index in [2.05, 4.69) is 13.8 Å². The Bertz CT molecular complexity index is 1340. The fourth-order valence-corrected chi connectivity index (χ4v) is 7.74. The van der Waals surface area contributed by atoms with Crippen molar-refractivity contribution in [1.82, 2.24) is 0 Å². The molecular weight excluding hydrogens is 595 g/mol. The van der Waals surface area contributed by atoms with E-state index in [1.807, 2.05) is 86.6 Å². The van der Waals surface area contributed by atoms with Crippen LogP contribution in [0.3, 0.4) is 0 Å². The predicted molar refractivity (Wildman–Crippen MR) is 175 cm³/mol. The van der Waals surface area contributed by atoms with Crippen LogP contribution in [0.15, 0.2) is 72.8 Å². The molecule has 0 amide bonds. The van der Waals surface area contributed by atoms with E-state index in [1.165, 1.54) is 22.7 Å². The Labute approximate surface area is 269 Å². The van der Waals surface area contributed by atoms with Crippen LogP contribution in [0.5, 0.6) is 10.1 Å². The minimum absolute atomic E-state index is 0.393. The summed E-state index contributed by atoms with van der Waals surface area (Å²) in [6.45, 7) is 9.26. The van der Waals surface area contributed by atoms with Gasteiger partial charge in [0.2, 0.25) is 0 Å². The zero-order valence-corrected chi connectivity index (χ0v) is 28.0. The molecule has 2 heterocycles. The quantitative estimate of drug-likeness (QED) is 0.115. The Balaban J connectivity index is 1.48. The van der Waals surface area contributed by atoms with Crippen molar-refractivity contribution in [3.63, 3.8) is 0 Å². The van der Waals surface area contributed by atoms with Crippen molar-refractivity contribution in [2.75, 3.05) is 13.2 Å². The second-order valence-electron chi connectivity index (χ2n) is 10.0. The Morgan fingerprint density at radius 3 is 1.40 bits per heavy atom. The third-order valence-electron chi connectivity index (χ3n) is 6.89. The van der Waals surface area contributed by atoms with E-state index in [9.17, 15) is 9.59 Å². The van der Waals surface area contributed by atoms with Gasteiger partial charge in [-0.1, -0.05) is 0 Å². The van der Waals surface area contributed by atoms with E-state index in [1.54, 1.807) is 0 Å². The first-order valence-electron chi connectivity index (χ1n) is 14.9. The molecule has 0 spiro atoms. The molecule has 2 aromatic carbocycles. The summed E-state index contributed by atoms with van der Waals surface area (Å²) in [5, 5.41) is 1.55. The van der Waals surface area contributed by atoms with Crippen LogP contribution in [-0.4, -0.2) is 41.0 Å². The molecule has 6 nitrogen and oxygen atoms in total. The molecule has 0 aliphatic rings. The summed E-state index contributed by atoms with van der Waals surface area (Å²) in [6.07, 6.45) is 2.89. The number of carbonyl (C=O) groups excluding carboxylic acids is 2. The first-order valence-corrected chi connectivity index (χ1v) is 17.4. The fourth-order valence-electron chi connectivity index (χ4n) is 4.72. The van der Waals surface area contributed by atoms with Gasteiger partial charge in [0.25, 0.3) is 0 Å². The number of rotatable bonds is 16. The fraction of sp³-hybridized carbons (Fsp3) is 0.353. The van der Waals surface area contributed by atoms with Gasteiger partial charge < -0.3 is 0 Å². The number of hydrogen-bond acceptors (Lipinski definition) is 8. The van der Waals surface area contributed by atoms with Crippen LogP contribution < -0.4 is 9.47 Å². The maximum absolute atomic E-state index is 13.4. The van der Waals surface area contributed by atoms with E-state index in [4.69, 9.17) is 17.1 Å². The predicted octanol–water partition coefficient (Wildman–Crippen LogP) is 9.03. The van der Waals surface area contributed by atoms with Crippen molar-refractivity contribution >= 4 is 50.5 Å². The molecule has 0 saturated carbocycles. The van der Waals surface area contributed by atoms with E-state index in [0.29, 0.717) is 26.1 Å². The Kier molecular flexibility index (Phi) is 12.7. The first kappa shape index (κ1) is 32.8. The van der Waals surface area contributed by atoms with E-state index < -0.39 is 39.7 Å². The molecule has 0 N–H and O–H groups in total. The van der Waals surface area contributed by atoms with Crippen molar-refractivity contribution in [3.8, 4) is 32.4 Å². The van der Waals surface area contributed by atoms with Gasteiger partial charge in [0.15, 0.2) is 0 Å². The summed E-state index contributed by atoms with van der Waals surface area (Å²) >= 11 is 1.63. The third kappa shape index (κ3) is 8.51. The van der Waals surface area contributed by atoms with Crippen LogP contribution in [0.1, 0.15) is 75.0 Å². The van der Waals surface area contributed by atoms with Gasteiger partial charge >= 0.3 is 270 Å². The molecular formula is C34H38AlO6S2+. The second kappa shape index (κ2) is 16.7. The van der Waals surface area contributed by atoms with Crippen molar-refractivity contribution in [1.29, 1.82) is 0 Å². The van der Waals surface area contributed by atoms with E-state index in [0.717, 1.165) is 55.0 Å². The van der Waals surface area contributed by atoms with Crippen LogP contribution in [-0.2, 0) is 17.2 Å². The molecule has 0 radical (unpaired) electrons. The molecule has 0 saturated heterocycles. The molecule has 0 bridgehead atoms. The number of thiophene rings is 2. The summed E-state index contributed by atoms with van der Waals surface area (Å²) < 4.78 is 23.2. The standard InChI is InChI=1S/2C17H20O3S.Al/c2*1-3-10-20-15-11-14(12-8-6-5-7-9-12)16(21-15)13(4-2)17(18)19;/h2*5-9,11,13H,3-4,10H2,1-2H3,(H,18,19);/q;;+3/p-2. The van der Waals surface area contributed by atoms with Crippen molar-refractivity contribution in [2.45, 2.75) is 65.2 Å². The zero-order valence-electron chi connectivity index (χ0n) is 25.2. The van der Waals surface area contributed by atoms with Crippen LogP contribution in [0.4, 0.5) is 0 Å². The van der Waals surface area contributed by atoms with Gasteiger partial charge in [0.1, 0.15) is 0 Å². The average Bonchev–Trinajstić information content (AvgIpc) is 3.65. The van der Waals surface area contributed by atoms with Gasteiger partial charge in [-0.05, 0) is 0 Å². The van der Waals surface area contributed by atoms with Gasteiger partial charge in [-0.15, -0.1) is 0 Å². The summed E-state index contributed by atoms with van der Waals surface area (Å²) in [5.74, 6) is -1.77. The molecule has 2 atom stereocenters. The van der Waals surface area contributed by atoms with Gasteiger partial charge in [-0.25, -0.2) is 0 Å². The Morgan fingerprint density at radius 2 is 1.05 bits per heavy atom. The van der Waals surface area contributed by atoms with Crippen molar-refractivity contribution in [3.05, 3.63) is 82.6 Å². The van der Waals surface area contributed by atoms with Crippen molar-refractivity contribution < 1.29 is 26.6 Å². The first-order chi connectivity index (χ1) is 21.0. The number of ether oxygens (including phenoxy) is 2. The van der Waals surface area contributed by atoms with E-state index in [-0.39, 0.29) is 0 Å². The van der Waals surface area contributed by atoms with Gasteiger partial charge in [0.05, 0.1) is 0 Å². The summed E-state index contributed by atoms with van der Waals surface area (Å²) in [5.41, 5.74) is 3.96. The Hall–Kier alpha value is -3.09. The molecule has 4 rings (SSSR count). The molecule has 0 fully saturated rings. The zero-order chi connectivity index (χ0) is 30.6. The number of benzene rings is 2. The number of carbonyl (C=O) groups is 2. The Morgan fingerprint density at radius 1 is 0.651 bits per heavy atom. The third-order valence-corrected chi connectivity index (χ3v) is 9.87. The molecule has 2 unspecified atom stereocenters. The SMILES string of the molecule is CCCOc1cc(-c2ccccc2)c(C(CC)C(=O)[O][Al+][O]C(=O)C(CC)c2sc(OCCC)cc2-c2ccccc2)s1. The van der Waals surface area contributed by atoms with Crippen molar-refractivity contribution in [2.24, 2.45) is 0 Å². The maximum atomic E-state index is 13.4. The minimum atomic E-state index is -1.33. The molecule has 43 heavy (non-hydrogen) atoms. The monoisotopic (exact) mass is 633 g/mol. The van der Waals surface area contributed by atoms with Gasteiger partial charge in [-0.2, -0.15) is 0 Å². The summed E-state index contributed by atoms with van der Waals surface area (Å²) in [7, 11) is 0. The summed E-state index contributed by atoms with van der Waals surface area (Å²) in [4.78, 5) is 28.5. The average molecular weight is 634 g/mol. The molecule has 4 aromatic rings. The van der Waals surface area contributed by atoms with E-state index >= 15 is 0 Å². The number of hydrogen-bond donors (Lipinski definition) is 0. The van der Waals surface area contributed by atoms with Gasteiger partial charge in [-0.3, -0.25) is 0 Å². The molecule has 0 aliphatic heterocycles. The summed E-state index contributed by atoms with van der Waals surface area (Å²) in [6, 6.07) is 24.0. The molecule has 2 aromatic heterocycles. The second-order valence-corrected chi connectivity index (χ2v) is 12.8. The van der Waals surface area contributed by atoms with Crippen LogP contribution >= 0.6 is 22.7 Å². The van der Waals surface area contributed by atoms with Crippen LogP contribution in [0, 0.1) is 0 Å². The molecule has 224 valence electrons. The normalized spacial score (nSPS) is 12.2. The topological polar surface area (TPSA) is 71.1 Å².